The molecule has 6 heteroatoms. The molecule has 1 aliphatic carbocycles. The van der Waals surface area contributed by atoms with Gasteiger partial charge in [0.2, 0.25) is 11.8 Å². The fourth-order valence-electron chi connectivity index (χ4n) is 3.02. The lowest BCUT2D eigenvalue weighted by Crippen LogP contribution is -2.19. The summed E-state index contributed by atoms with van der Waals surface area (Å²) in [7, 11) is 0. The number of hydrogen-bond donors (Lipinski definition) is 1. The molecular formula is C21H21N3O2S. The van der Waals surface area contributed by atoms with E-state index in [9.17, 15) is 4.79 Å². The van der Waals surface area contributed by atoms with Crippen LogP contribution in [0, 0.1) is 13.8 Å². The Labute approximate surface area is 162 Å². The summed E-state index contributed by atoms with van der Waals surface area (Å²) in [5, 5.41) is 11.2. The number of benzene rings is 2. The minimum atomic E-state index is -0.473. The van der Waals surface area contributed by atoms with Crippen LogP contribution in [-0.4, -0.2) is 16.1 Å². The van der Waals surface area contributed by atoms with Crippen molar-refractivity contribution in [3.05, 3.63) is 71.1 Å². The first-order valence-electron chi connectivity index (χ1n) is 9.02. The van der Waals surface area contributed by atoms with Crippen molar-refractivity contribution in [1.82, 2.24) is 10.2 Å². The summed E-state index contributed by atoms with van der Waals surface area (Å²) < 4.78 is 5.76. The van der Waals surface area contributed by atoms with E-state index >= 15 is 0 Å². The highest BCUT2D eigenvalue weighted by molar-refractivity contribution is 8.00. The van der Waals surface area contributed by atoms with E-state index in [1.807, 2.05) is 56.3 Å². The molecule has 1 amide bonds. The molecule has 1 N–H and O–H groups in total. The Kier molecular flexibility index (Phi) is 4.99. The van der Waals surface area contributed by atoms with Crippen LogP contribution in [0.2, 0.25) is 0 Å². The van der Waals surface area contributed by atoms with Gasteiger partial charge in [0.05, 0.1) is 0 Å². The molecule has 0 spiro atoms. The quantitative estimate of drug-likeness (QED) is 0.608. The van der Waals surface area contributed by atoms with E-state index in [1.54, 1.807) is 0 Å². The van der Waals surface area contributed by atoms with Gasteiger partial charge in [-0.1, -0.05) is 36.4 Å². The summed E-state index contributed by atoms with van der Waals surface area (Å²) in [5.74, 6) is 0.965. The van der Waals surface area contributed by atoms with Crippen molar-refractivity contribution in [3.8, 4) is 0 Å². The fourth-order valence-corrected chi connectivity index (χ4v) is 3.90. The molecular weight excluding hydrogens is 358 g/mol. The smallest absolute Gasteiger partial charge is 0.277 e. The summed E-state index contributed by atoms with van der Waals surface area (Å²) in [6.07, 6.45) is 2.20. The first kappa shape index (κ1) is 17.8. The Morgan fingerprint density at radius 2 is 1.81 bits per heavy atom. The summed E-state index contributed by atoms with van der Waals surface area (Å²) in [6.45, 7) is 4.04. The molecule has 27 heavy (non-hydrogen) atoms. The van der Waals surface area contributed by atoms with Crippen LogP contribution in [0.1, 0.15) is 46.6 Å². The molecule has 1 saturated carbocycles. The predicted octanol–water partition coefficient (Wildman–Crippen LogP) is 5.04. The van der Waals surface area contributed by atoms with Crippen molar-refractivity contribution < 1.29 is 9.21 Å². The zero-order chi connectivity index (χ0) is 18.8. The molecule has 0 saturated heterocycles. The summed E-state index contributed by atoms with van der Waals surface area (Å²) in [4.78, 5) is 13.1. The zero-order valence-corrected chi connectivity index (χ0v) is 16.1. The maximum Gasteiger partial charge on any atom is 0.277 e. The Hall–Kier alpha value is -2.60. The summed E-state index contributed by atoms with van der Waals surface area (Å²) >= 11 is 1.29. The zero-order valence-electron chi connectivity index (χ0n) is 15.3. The number of anilines is 1. The number of nitrogens with zero attached hydrogens (tertiary/aromatic N) is 2. The fraction of sp³-hybridized carbons (Fsp3) is 0.286. The second kappa shape index (κ2) is 7.56. The van der Waals surface area contributed by atoms with Gasteiger partial charge in [-0.25, -0.2) is 0 Å². The number of hydrogen-bond acceptors (Lipinski definition) is 5. The number of aryl methyl sites for hydroxylation is 2. The number of nitrogens with one attached hydrogen (secondary N) is 1. The molecule has 1 aromatic heterocycles. The van der Waals surface area contributed by atoms with Crippen LogP contribution >= 0.6 is 11.8 Å². The highest BCUT2D eigenvalue weighted by atomic mass is 32.2. The Morgan fingerprint density at radius 1 is 1.11 bits per heavy atom. The maximum absolute atomic E-state index is 13.1. The molecule has 1 aliphatic rings. The van der Waals surface area contributed by atoms with Crippen LogP contribution in [0.15, 0.2) is 58.2 Å². The third kappa shape index (κ3) is 4.39. The molecule has 2 aromatic carbocycles. The lowest BCUT2D eigenvalue weighted by molar-refractivity contribution is -0.115. The van der Waals surface area contributed by atoms with Crippen LogP contribution in [0.3, 0.4) is 0 Å². The highest BCUT2D eigenvalue weighted by Gasteiger charge is 2.31. The number of carbonyl (C=O) groups is 1. The van der Waals surface area contributed by atoms with Gasteiger partial charge < -0.3 is 9.73 Å². The Bertz CT molecular complexity index is 931. The minimum absolute atomic E-state index is 0.109. The topological polar surface area (TPSA) is 68.0 Å². The second-order valence-corrected chi connectivity index (χ2v) is 8.01. The van der Waals surface area contributed by atoms with Gasteiger partial charge in [0.15, 0.2) is 0 Å². The van der Waals surface area contributed by atoms with Crippen molar-refractivity contribution in [3.63, 3.8) is 0 Å². The monoisotopic (exact) mass is 379 g/mol. The van der Waals surface area contributed by atoms with Crippen molar-refractivity contribution in [2.45, 2.75) is 43.1 Å². The molecule has 0 unspecified atom stereocenters. The molecule has 0 bridgehead atoms. The van der Waals surface area contributed by atoms with Gasteiger partial charge in [0.1, 0.15) is 5.25 Å². The Balaban J connectivity index is 1.57. The third-order valence-electron chi connectivity index (χ3n) is 4.40. The van der Waals surface area contributed by atoms with Crippen LogP contribution < -0.4 is 5.32 Å². The largest absolute Gasteiger partial charge is 0.416 e. The number of aromatic nitrogens is 2. The highest BCUT2D eigenvalue weighted by Crippen LogP contribution is 2.42. The SMILES string of the molecule is Cc1cc(C)cc(NC(=O)[C@@H](Sc2nnc(C3CC3)o2)c2ccccc2)c1. The molecule has 0 radical (unpaired) electrons. The normalized spacial score (nSPS) is 14.7. The molecule has 1 heterocycles. The van der Waals surface area contributed by atoms with Crippen LogP contribution in [0.4, 0.5) is 5.69 Å². The van der Waals surface area contributed by atoms with Gasteiger partial charge in [-0.15, -0.1) is 10.2 Å². The van der Waals surface area contributed by atoms with Gasteiger partial charge >= 0.3 is 0 Å². The van der Waals surface area contributed by atoms with Crippen LogP contribution in [0.25, 0.3) is 0 Å². The summed E-state index contributed by atoms with van der Waals surface area (Å²) in [5.41, 5.74) is 3.92. The van der Waals surface area contributed by atoms with Gasteiger partial charge in [-0.05, 0) is 67.3 Å². The van der Waals surface area contributed by atoms with E-state index in [4.69, 9.17) is 4.42 Å². The van der Waals surface area contributed by atoms with Gasteiger partial charge in [0, 0.05) is 11.6 Å². The van der Waals surface area contributed by atoms with Crippen molar-refractivity contribution in [2.75, 3.05) is 5.32 Å². The number of amides is 1. The molecule has 5 nitrogen and oxygen atoms in total. The first-order chi connectivity index (χ1) is 13.1. The van der Waals surface area contributed by atoms with Gasteiger partial charge in [-0.2, -0.15) is 0 Å². The predicted molar refractivity (Wildman–Crippen MR) is 106 cm³/mol. The van der Waals surface area contributed by atoms with Crippen LogP contribution in [-0.2, 0) is 4.79 Å². The molecule has 0 aliphatic heterocycles. The van der Waals surface area contributed by atoms with E-state index < -0.39 is 5.25 Å². The standard InChI is InChI=1S/C21H21N3O2S/c1-13-10-14(2)12-17(11-13)22-19(25)18(15-6-4-3-5-7-15)27-21-24-23-20(26-21)16-8-9-16/h3-7,10-12,16,18H,8-9H2,1-2H3,(H,22,25)/t18-/m0/s1. The van der Waals surface area contributed by atoms with Gasteiger partial charge in [-0.3, -0.25) is 4.79 Å². The molecule has 1 atom stereocenters. The van der Waals surface area contributed by atoms with E-state index in [2.05, 4.69) is 21.6 Å². The number of rotatable bonds is 6. The molecule has 4 rings (SSSR count). The molecule has 3 aromatic rings. The van der Waals surface area contributed by atoms with E-state index in [-0.39, 0.29) is 5.91 Å². The average Bonchev–Trinajstić information content (AvgIpc) is 3.38. The van der Waals surface area contributed by atoms with Crippen molar-refractivity contribution >= 4 is 23.4 Å². The maximum atomic E-state index is 13.1. The third-order valence-corrected chi connectivity index (χ3v) is 5.49. The molecule has 1 fully saturated rings. The first-order valence-corrected chi connectivity index (χ1v) is 9.90. The average molecular weight is 379 g/mol. The number of thioether (sulfide) groups is 1. The van der Waals surface area contributed by atoms with Crippen molar-refractivity contribution in [2.24, 2.45) is 0 Å². The minimum Gasteiger partial charge on any atom is -0.416 e. The van der Waals surface area contributed by atoms with E-state index in [0.717, 1.165) is 35.2 Å². The van der Waals surface area contributed by atoms with Crippen molar-refractivity contribution in [1.29, 1.82) is 0 Å². The second-order valence-electron chi connectivity index (χ2n) is 6.95. The lowest BCUT2D eigenvalue weighted by atomic mass is 10.1. The van der Waals surface area contributed by atoms with Crippen LogP contribution in [0.5, 0.6) is 0 Å². The Morgan fingerprint density at radius 3 is 2.48 bits per heavy atom. The van der Waals surface area contributed by atoms with Gasteiger partial charge in [0.25, 0.3) is 5.22 Å². The summed E-state index contributed by atoms with van der Waals surface area (Å²) in [6, 6.07) is 15.7. The number of carbonyl (C=O) groups excluding carboxylic acids is 1. The van der Waals surface area contributed by atoms with E-state index in [0.29, 0.717) is 17.0 Å². The van der Waals surface area contributed by atoms with E-state index in [1.165, 1.54) is 11.8 Å². The lowest BCUT2D eigenvalue weighted by Gasteiger charge is -2.16. The molecule has 138 valence electrons.